The highest BCUT2D eigenvalue weighted by Crippen LogP contribution is 2.34. The summed E-state index contributed by atoms with van der Waals surface area (Å²) in [5, 5.41) is 0. The van der Waals surface area contributed by atoms with Crippen LogP contribution in [0, 0.1) is 0 Å². The molecule has 1 heterocycles. The third-order valence-electron chi connectivity index (χ3n) is 3.99. The van der Waals surface area contributed by atoms with Crippen molar-refractivity contribution in [2.24, 2.45) is 5.73 Å². The summed E-state index contributed by atoms with van der Waals surface area (Å²) < 4.78 is 72.3. The highest BCUT2D eigenvalue weighted by atomic mass is 19.4. The monoisotopic (exact) mass is 435 g/mol. The zero-order valence-electron chi connectivity index (χ0n) is 16.1. The van der Waals surface area contributed by atoms with Gasteiger partial charge < -0.3 is 11.5 Å². The highest BCUT2D eigenvalue weighted by Gasteiger charge is 2.38. The summed E-state index contributed by atoms with van der Waals surface area (Å²) >= 11 is 0. The Balaban J connectivity index is 0.000000252. The second-order valence-electron chi connectivity index (χ2n) is 6.52. The van der Waals surface area contributed by atoms with Crippen LogP contribution in [0.15, 0.2) is 42.5 Å². The van der Waals surface area contributed by atoms with E-state index in [0.717, 1.165) is 0 Å². The van der Waals surface area contributed by atoms with E-state index in [0.29, 0.717) is 17.7 Å². The fourth-order valence-electron chi connectivity index (χ4n) is 2.51. The first-order chi connectivity index (χ1) is 13.9. The quantitative estimate of drug-likeness (QED) is 0.553. The van der Waals surface area contributed by atoms with Gasteiger partial charge in [0.15, 0.2) is 0 Å². The molecule has 4 nitrogen and oxygen atoms in total. The highest BCUT2D eigenvalue weighted by molar-refractivity contribution is 5.92. The molecule has 0 radical (unpaired) electrons. The van der Waals surface area contributed by atoms with E-state index in [-0.39, 0.29) is 5.91 Å². The maximum atomic E-state index is 12.1. The first kappa shape index (κ1) is 25.3. The van der Waals surface area contributed by atoms with Crippen LogP contribution in [0.25, 0.3) is 0 Å². The molecule has 2 aromatic rings. The Hall–Kier alpha value is -2.78. The number of anilines is 1. The SMILES string of the molecule is C1CCCCC1.NC(=O)c1ccccc1.Nc1cc(C(F)(F)F)nc(C(F)(F)F)c1. The summed E-state index contributed by atoms with van der Waals surface area (Å²) in [6.07, 6.45) is -0.898. The summed E-state index contributed by atoms with van der Waals surface area (Å²) in [4.78, 5) is 12.9. The Morgan fingerprint density at radius 3 is 1.40 bits per heavy atom. The summed E-state index contributed by atoms with van der Waals surface area (Å²) in [6, 6.07) is 9.45. The first-order valence-corrected chi connectivity index (χ1v) is 9.18. The summed E-state index contributed by atoms with van der Waals surface area (Å²) in [7, 11) is 0. The lowest BCUT2D eigenvalue weighted by Crippen LogP contribution is -2.15. The number of nitrogens with zero attached hydrogens (tertiary/aromatic N) is 1. The van der Waals surface area contributed by atoms with E-state index in [9.17, 15) is 31.1 Å². The average molecular weight is 435 g/mol. The van der Waals surface area contributed by atoms with Gasteiger partial charge >= 0.3 is 12.4 Å². The van der Waals surface area contributed by atoms with Gasteiger partial charge in [0.25, 0.3) is 0 Å². The van der Waals surface area contributed by atoms with Crippen molar-refractivity contribution in [3.8, 4) is 0 Å². The molecule has 0 atom stereocenters. The Morgan fingerprint density at radius 2 is 1.13 bits per heavy atom. The zero-order chi connectivity index (χ0) is 22.8. The van der Waals surface area contributed by atoms with Crippen molar-refractivity contribution >= 4 is 11.6 Å². The molecule has 10 heteroatoms. The molecular weight excluding hydrogens is 412 g/mol. The molecule has 0 saturated heterocycles. The van der Waals surface area contributed by atoms with Crippen LogP contribution in [0.5, 0.6) is 0 Å². The predicted octanol–water partition coefficient (Wildman–Crippen LogP) is 5.83. The van der Waals surface area contributed by atoms with Crippen molar-refractivity contribution in [3.63, 3.8) is 0 Å². The summed E-state index contributed by atoms with van der Waals surface area (Å²) in [5.74, 6) is -0.379. The number of nitrogen functional groups attached to an aromatic ring is 1. The van der Waals surface area contributed by atoms with Gasteiger partial charge in [0.1, 0.15) is 11.4 Å². The topological polar surface area (TPSA) is 82.0 Å². The number of aromatic nitrogens is 1. The van der Waals surface area contributed by atoms with Gasteiger partial charge in [0, 0.05) is 11.3 Å². The van der Waals surface area contributed by atoms with Crippen molar-refractivity contribution in [1.29, 1.82) is 0 Å². The molecule has 3 rings (SSSR count). The first-order valence-electron chi connectivity index (χ1n) is 9.18. The van der Waals surface area contributed by atoms with E-state index in [2.05, 4.69) is 4.98 Å². The number of halogens is 6. The van der Waals surface area contributed by atoms with Gasteiger partial charge in [-0.3, -0.25) is 4.79 Å². The van der Waals surface area contributed by atoms with Crippen LogP contribution in [0.3, 0.4) is 0 Å². The Kier molecular flexibility index (Phi) is 9.61. The van der Waals surface area contributed by atoms with E-state index in [1.54, 1.807) is 24.3 Å². The molecule has 1 aliphatic carbocycles. The van der Waals surface area contributed by atoms with Gasteiger partial charge in [-0.25, -0.2) is 4.98 Å². The lowest BCUT2D eigenvalue weighted by molar-refractivity contribution is -0.150. The lowest BCUT2D eigenvalue weighted by atomic mass is 10.0. The molecule has 0 unspecified atom stereocenters. The molecular formula is C20H23F6N3O. The number of amides is 1. The van der Waals surface area contributed by atoms with Crippen LogP contribution in [-0.4, -0.2) is 10.9 Å². The maximum Gasteiger partial charge on any atom is 0.433 e. The number of primary amides is 1. The molecule has 1 fully saturated rings. The minimum atomic E-state index is -4.95. The van der Waals surface area contributed by atoms with Gasteiger partial charge in [-0.15, -0.1) is 0 Å². The molecule has 0 spiro atoms. The van der Waals surface area contributed by atoms with Gasteiger partial charge in [-0.05, 0) is 24.3 Å². The predicted molar refractivity (Wildman–Crippen MR) is 101 cm³/mol. The minimum absolute atomic E-state index is 0.342. The molecule has 4 N–H and O–H groups in total. The Bertz CT molecular complexity index is 744. The number of benzene rings is 1. The Labute approximate surface area is 170 Å². The Morgan fingerprint density at radius 1 is 0.767 bits per heavy atom. The standard InChI is InChI=1S/C7H4F6N2.C7H7NO.C6H12/c8-6(9,10)4-1-3(14)2-5(15-4)7(11,12)13;8-7(9)6-4-2-1-3-5-6;1-2-4-6-5-3-1/h1-2H,(H2,14,15);1-5H,(H2,8,9);1-6H2. The van der Waals surface area contributed by atoms with Crippen LogP contribution in [0.2, 0.25) is 0 Å². The van der Waals surface area contributed by atoms with E-state index in [4.69, 9.17) is 11.5 Å². The zero-order valence-corrected chi connectivity index (χ0v) is 16.1. The van der Waals surface area contributed by atoms with Crippen molar-refractivity contribution in [2.75, 3.05) is 5.73 Å². The van der Waals surface area contributed by atoms with E-state index in [1.807, 2.05) is 6.07 Å². The minimum Gasteiger partial charge on any atom is -0.399 e. The van der Waals surface area contributed by atoms with E-state index >= 15 is 0 Å². The molecule has 1 aromatic carbocycles. The number of carbonyl (C=O) groups excluding carboxylic acids is 1. The van der Waals surface area contributed by atoms with E-state index < -0.39 is 29.4 Å². The lowest BCUT2D eigenvalue weighted by Gasteiger charge is -2.11. The molecule has 0 bridgehead atoms. The average Bonchev–Trinajstić information content (AvgIpc) is 2.69. The number of nitrogens with two attached hydrogens (primary N) is 2. The van der Waals surface area contributed by atoms with Crippen molar-refractivity contribution < 1.29 is 31.1 Å². The molecule has 0 aliphatic heterocycles. The molecule has 1 saturated carbocycles. The second-order valence-corrected chi connectivity index (χ2v) is 6.52. The van der Waals surface area contributed by atoms with Crippen molar-refractivity contribution in [1.82, 2.24) is 4.98 Å². The smallest absolute Gasteiger partial charge is 0.399 e. The number of pyridine rings is 1. The molecule has 1 aromatic heterocycles. The van der Waals surface area contributed by atoms with Gasteiger partial charge in [-0.1, -0.05) is 56.7 Å². The third-order valence-corrected chi connectivity index (χ3v) is 3.99. The molecule has 1 aliphatic rings. The van der Waals surface area contributed by atoms with Crippen molar-refractivity contribution in [3.05, 3.63) is 59.4 Å². The molecule has 1 amide bonds. The third kappa shape index (κ3) is 9.62. The number of alkyl halides is 6. The number of hydrogen-bond donors (Lipinski definition) is 2. The summed E-state index contributed by atoms with van der Waals surface area (Å²) in [6.45, 7) is 0. The van der Waals surface area contributed by atoms with Crippen LogP contribution < -0.4 is 11.5 Å². The second kappa shape index (κ2) is 11.4. The number of hydrogen-bond acceptors (Lipinski definition) is 3. The van der Waals surface area contributed by atoms with Crippen LogP contribution >= 0.6 is 0 Å². The van der Waals surface area contributed by atoms with Gasteiger partial charge in [0.2, 0.25) is 5.91 Å². The maximum absolute atomic E-state index is 12.1. The molecule has 166 valence electrons. The van der Waals surface area contributed by atoms with Crippen molar-refractivity contribution in [2.45, 2.75) is 50.9 Å². The molecule has 30 heavy (non-hydrogen) atoms. The summed E-state index contributed by atoms with van der Waals surface area (Å²) in [5.41, 5.74) is 6.49. The largest absolute Gasteiger partial charge is 0.433 e. The van der Waals surface area contributed by atoms with E-state index in [1.165, 1.54) is 38.5 Å². The van der Waals surface area contributed by atoms with Crippen LogP contribution in [0.4, 0.5) is 32.0 Å². The normalized spacial score (nSPS) is 13.9. The number of rotatable bonds is 1. The van der Waals surface area contributed by atoms with Crippen LogP contribution in [-0.2, 0) is 12.4 Å². The van der Waals surface area contributed by atoms with Gasteiger partial charge in [0.05, 0.1) is 0 Å². The number of carbonyl (C=O) groups is 1. The van der Waals surface area contributed by atoms with Gasteiger partial charge in [-0.2, -0.15) is 26.3 Å². The fraction of sp³-hybridized carbons (Fsp3) is 0.400. The fourth-order valence-corrected chi connectivity index (χ4v) is 2.51. The van der Waals surface area contributed by atoms with Crippen LogP contribution in [0.1, 0.15) is 60.3 Å².